The minimum atomic E-state index is 0.315. The summed E-state index contributed by atoms with van der Waals surface area (Å²) in [6.45, 7) is 3.21. The van der Waals surface area contributed by atoms with Crippen molar-refractivity contribution in [2.75, 3.05) is 20.2 Å². The van der Waals surface area contributed by atoms with E-state index >= 15 is 0 Å². The molecule has 20 heavy (non-hydrogen) atoms. The van der Waals surface area contributed by atoms with E-state index in [9.17, 15) is 5.11 Å². The van der Waals surface area contributed by atoms with Crippen LogP contribution in [0.5, 0.6) is 11.5 Å². The zero-order chi connectivity index (χ0) is 13.9. The van der Waals surface area contributed by atoms with Gasteiger partial charge in [0.1, 0.15) is 11.5 Å². The van der Waals surface area contributed by atoms with Crippen LogP contribution in [0.3, 0.4) is 0 Å². The van der Waals surface area contributed by atoms with Gasteiger partial charge in [-0.2, -0.15) is 0 Å². The Bertz CT molecular complexity index is 464. The van der Waals surface area contributed by atoms with Crippen LogP contribution < -0.4 is 10.1 Å². The van der Waals surface area contributed by atoms with E-state index in [1.807, 2.05) is 12.1 Å². The lowest BCUT2D eigenvalue weighted by Gasteiger charge is -2.32. The van der Waals surface area contributed by atoms with Gasteiger partial charge in [-0.05, 0) is 31.9 Å². The molecule has 2 aliphatic rings. The molecule has 2 aliphatic heterocycles. The van der Waals surface area contributed by atoms with E-state index in [0.717, 1.165) is 12.1 Å². The van der Waals surface area contributed by atoms with Crippen LogP contribution in [0.25, 0.3) is 0 Å². The Morgan fingerprint density at radius 1 is 1.30 bits per heavy atom. The third-order valence-corrected chi connectivity index (χ3v) is 4.70. The number of phenols is 1. The minimum Gasteiger partial charge on any atom is -0.507 e. The van der Waals surface area contributed by atoms with E-state index in [-0.39, 0.29) is 0 Å². The van der Waals surface area contributed by atoms with E-state index in [4.69, 9.17) is 4.74 Å². The van der Waals surface area contributed by atoms with E-state index < -0.39 is 0 Å². The molecule has 2 heterocycles. The standard InChI is InChI=1S/C16H24N2O2/c1-20-13-6-5-12(16(19)10-13)11-17-14-7-9-18-8-3-2-4-15(14)18/h5-6,10,14-15,17,19H,2-4,7-9,11H2,1H3. The van der Waals surface area contributed by atoms with Crippen LogP contribution in [0.15, 0.2) is 18.2 Å². The molecule has 0 radical (unpaired) electrons. The van der Waals surface area contributed by atoms with Crippen LogP contribution in [0.1, 0.15) is 31.2 Å². The van der Waals surface area contributed by atoms with Gasteiger partial charge < -0.3 is 15.2 Å². The average molecular weight is 276 g/mol. The minimum absolute atomic E-state index is 0.315. The molecule has 0 aromatic heterocycles. The summed E-state index contributed by atoms with van der Waals surface area (Å²) in [5.74, 6) is 1.01. The van der Waals surface area contributed by atoms with Crippen LogP contribution in [0.4, 0.5) is 0 Å². The number of rotatable bonds is 4. The Labute approximate surface area is 120 Å². The van der Waals surface area contributed by atoms with Crippen molar-refractivity contribution in [3.05, 3.63) is 23.8 Å². The molecule has 4 heteroatoms. The van der Waals surface area contributed by atoms with Gasteiger partial charge in [-0.1, -0.05) is 12.5 Å². The molecule has 2 saturated heterocycles. The van der Waals surface area contributed by atoms with Gasteiger partial charge in [0.25, 0.3) is 0 Å². The maximum Gasteiger partial charge on any atom is 0.123 e. The van der Waals surface area contributed by atoms with Crippen molar-refractivity contribution in [3.8, 4) is 11.5 Å². The van der Waals surface area contributed by atoms with Gasteiger partial charge in [0.15, 0.2) is 0 Å². The number of hydrogen-bond donors (Lipinski definition) is 2. The lowest BCUT2D eigenvalue weighted by atomic mass is 9.99. The largest absolute Gasteiger partial charge is 0.507 e. The smallest absolute Gasteiger partial charge is 0.123 e. The first-order chi connectivity index (χ1) is 9.78. The number of phenolic OH excluding ortho intramolecular Hbond substituents is 1. The fourth-order valence-corrected chi connectivity index (χ4v) is 3.55. The number of nitrogens with zero attached hydrogens (tertiary/aromatic N) is 1. The third kappa shape index (κ3) is 2.76. The average Bonchev–Trinajstić information content (AvgIpc) is 2.89. The Morgan fingerprint density at radius 3 is 3.00 bits per heavy atom. The Kier molecular flexibility index (Phi) is 4.13. The number of nitrogens with one attached hydrogen (secondary N) is 1. The first-order valence-electron chi connectivity index (χ1n) is 7.61. The quantitative estimate of drug-likeness (QED) is 0.884. The summed E-state index contributed by atoms with van der Waals surface area (Å²) >= 11 is 0. The van der Waals surface area contributed by atoms with Crippen molar-refractivity contribution in [2.24, 2.45) is 0 Å². The number of fused-ring (bicyclic) bond motifs is 1. The Hall–Kier alpha value is -1.26. The Balaban J connectivity index is 1.59. The second-order valence-electron chi connectivity index (χ2n) is 5.87. The van der Waals surface area contributed by atoms with Gasteiger partial charge in [-0.25, -0.2) is 0 Å². The lowest BCUT2D eigenvalue weighted by molar-refractivity contribution is 0.180. The molecule has 1 aromatic carbocycles. The van der Waals surface area contributed by atoms with Crippen molar-refractivity contribution >= 4 is 0 Å². The predicted molar refractivity (Wildman–Crippen MR) is 79.1 cm³/mol. The van der Waals surface area contributed by atoms with E-state index in [0.29, 0.717) is 23.6 Å². The number of piperidine rings is 1. The molecule has 0 spiro atoms. The van der Waals surface area contributed by atoms with Gasteiger partial charge in [0.05, 0.1) is 7.11 Å². The molecule has 2 fully saturated rings. The van der Waals surface area contributed by atoms with E-state index in [2.05, 4.69) is 10.2 Å². The van der Waals surface area contributed by atoms with Crippen molar-refractivity contribution in [1.82, 2.24) is 10.2 Å². The zero-order valence-electron chi connectivity index (χ0n) is 12.1. The van der Waals surface area contributed by atoms with Gasteiger partial charge in [-0.3, -0.25) is 4.90 Å². The second kappa shape index (κ2) is 6.02. The molecule has 2 N–H and O–H groups in total. The monoisotopic (exact) mass is 276 g/mol. The maximum absolute atomic E-state index is 10.00. The first-order valence-corrected chi connectivity index (χ1v) is 7.61. The molecule has 0 saturated carbocycles. The highest BCUT2D eigenvalue weighted by Gasteiger charge is 2.34. The van der Waals surface area contributed by atoms with Crippen molar-refractivity contribution in [1.29, 1.82) is 0 Å². The topological polar surface area (TPSA) is 44.7 Å². The summed E-state index contributed by atoms with van der Waals surface area (Å²) in [6, 6.07) is 6.78. The number of ether oxygens (including phenoxy) is 1. The summed E-state index contributed by atoms with van der Waals surface area (Å²) in [7, 11) is 1.61. The van der Waals surface area contributed by atoms with E-state index in [1.54, 1.807) is 13.2 Å². The van der Waals surface area contributed by atoms with Crippen molar-refractivity contribution in [2.45, 2.75) is 44.3 Å². The number of methoxy groups -OCH3 is 1. The molecule has 2 atom stereocenters. The highest BCUT2D eigenvalue weighted by molar-refractivity contribution is 5.39. The predicted octanol–water partition coefficient (Wildman–Crippen LogP) is 2.12. The number of hydrogen-bond acceptors (Lipinski definition) is 4. The highest BCUT2D eigenvalue weighted by Crippen LogP contribution is 2.28. The molecule has 1 aromatic rings. The van der Waals surface area contributed by atoms with E-state index in [1.165, 1.54) is 38.8 Å². The van der Waals surface area contributed by atoms with Gasteiger partial charge >= 0.3 is 0 Å². The van der Waals surface area contributed by atoms with Crippen molar-refractivity contribution in [3.63, 3.8) is 0 Å². The maximum atomic E-state index is 10.00. The molecule has 2 unspecified atom stereocenters. The summed E-state index contributed by atoms with van der Waals surface area (Å²) < 4.78 is 5.11. The molecule has 0 amide bonds. The summed E-state index contributed by atoms with van der Waals surface area (Å²) in [6.07, 6.45) is 5.24. The fourth-order valence-electron chi connectivity index (χ4n) is 3.55. The zero-order valence-corrected chi connectivity index (χ0v) is 12.1. The van der Waals surface area contributed by atoms with Crippen LogP contribution in [-0.2, 0) is 6.54 Å². The second-order valence-corrected chi connectivity index (χ2v) is 5.87. The number of benzene rings is 1. The van der Waals surface area contributed by atoms with Gasteiger partial charge in [0.2, 0.25) is 0 Å². The molecule has 0 bridgehead atoms. The molecule has 3 rings (SSSR count). The lowest BCUT2D eigenvalue weighted by Crippen LogP contribution is -2.44. The van der Waals surface area contributed by atoms with Crippen molar-refractivity contribution < 1.29 is 9.84 Å². The van der Waals surface area contributed by atoms with Gasteiger partial charge in [-0.15, -0.1) is 0 Å². The fraction of sp³-hybridized carbons (Fsp3) is 0.625. The summed E-state index contributed by atoms with van der Waals surface area (Å²) in [5.41, 5.74) is 0.944. The normalized spacial score (nSPS) is 26.4. The molecule has 4 nitrogen and oxygen atoms in total. The SMILES string of the molecule is COc1ccc(CNC2CCN3CCCCC23)c(O)c1. The molecule has 110 valence electrons. The highest BCUT2D eigenvalue weighted by atomic mass is 16.5. The first kappa shape index (κ1) is 13.7. The molecule has 0 aliphatic carbocycles. The van der Waals surface area contributed by atoms with Crippen LogP contribution >= 0.6 is 0 Å². The third-order valence-electron chi connectivity index (χ3n) is 4.70. The summed E-state index contributed by atoms with van der Waals surface area (Å²) in [5, 5.41) is 13.6. The van der Waals surface area contributed by atoms with Crippen LogP contribution in [-0.4, -0.2) is 42.3 Å². The van der Waals surface area contributed by atoms with Crippen LogP contribution in [0, 0.1) is 0 Å². The molecular formula is C16H24N2O2. The summed E-state index contributed by atoms with van der Waals surface area (Å²) in [4.78, 5) is 2.62. The Morgan fingerprint density at radius 2 is 2.20 bits per heavy atom. The molecular weight excluding hydrogens is 252 g/mol. The number of aromatic hydroxyl groups is 1. The van der Waals surface area contributed by atoms with Gasteiger partial charge in [0, 0.05) is 36.8 Å². The van der Waals surface area contributed by atoms with Crippen LogP contribution in [0.2, 0.25) is 0 Å².